The van der Waals surface area contributed by atoms with Crippen LogP contribution < -0.4 is 9.47 Å². The minimum absolute atomic E-state index is 0.0228. The molecule has 0 aliphatic carbocycles. The van der Waals surface area contributed by atoms with E-state index in [1.807, 2.05) is 53.4 Å². The van der Waals surface area contributed by atoms with Crippen molar-refractivity contribution in [2.75, 3.05) is 40.5 Å². The molecule has 1 aliphatic rings. The number of nitrogens with zero attached hydrogens (tertiary/aromatic N) is 3. The first-order chi connectivity index (χ1) is 16.2. The highest BCUT2D eigenvalue weighted by atomic mass is 16.5. The van der Waals surface area contributed by atoms with Gasteiger partial charge in [-0.2, -0.15) is 0 Å². The van der Waals surface area contributed by atoms with Gasteiger partial charge in [0.1, 0.15) is 0 Å². The molecule has 168 valence electrons. The number of hydrogen-bond donors (Lipinski definition) is 1. The highest BCUT2D eigenvalue weighted by Gasteiger charge is 2.19. The van der Waals surface area contributed by atoms with Crippen LogP contribution in [-0.4, -0.2) is 66.3 Å². The molecule has 5 rings (SSSR count). The van der Waals surface area contributed by atoms with E-state index in [9.17, 15) is 4.79 Å². The number of amides is 1. The molecule has 1 fully saturated rings. The lowest BCUT2D eigenvalue weighted by Gasteiger charge is -2.26. The van der Waals surface area contributed by atoms with Gasteiger partial charge in [0.25, 0.3) is 5.91 Å². The fourth-order valence-corrected chi connectivity index (χ4v) is 3.98. The Morgan fingerprint density at radius 1 is 1.00 bits per heavy atom. The Kier molecular flexibility index (Phi) is 5.66. The van der Waals surface area contributed by atoms with Gasteiger partial charge in [-0.05, 0) is 48.5 Å². The van der Waals surface area contributed by atoms with E-state index >= 15 is 0 Å². The van der Waals surface area contributed by atoms with Crippen molar-refractivity contribution >= 4 is 16.8 Å². The van der Waals surface area contributed by atoms with Gasteiger partial charge in [0.15, 0.2) is 17.3 Å². The van der Waals surface area contributed by atoms with Crippen LogP contribution in [0, 0.1) is 0 Å². The number of aromatic nitrogens is 3. The van der Waals surface area contributed by atoms with Gasteiger partial charge in [0.2, 0.25) is 0 Å². The summed E-state index contributed by atoms with van der Waals surface area (Å²) in [6.45, 7) is 2.39. The van der Waals surface area contributed by atoms with Crippen LogP contribution in [0.15, 0.2) is 54.7 Å². The number of benzene rings is 2. The summed E-state index contributed by atoms with van der Waals surface area (Å²) in [5.41, 5.74) is 4.02. The summed E-state index contributed by atoms with van der Waals surface area (Å²) in [4.78, 5) is 27.2. The Labute approximate surface area is 191 Å². The van der Waals surface area contributed by atoms with Crippen LogP contribution in [0.1, 0.15) is 10.4 Å². The van der Waals surface area contributed by atoms with Crippen molar-refractivity contribution in [3.8, 4) is 34.3 Å². The third-order valence-electron chi connectivity index (χ3n) is 5.74. The molecule has 0 atom stereocenters. The van der Waals surface area contributed by atoms with Crippen molar-refractivity contribution in [3.63, 3.8) is 0 Å². The molecule has 2 aromatic carbocycles. The highest BCUT2D eigenvalue weighted by Crippen LogP contribution is 2.32. The number of aromatic amines is 1. The molecule has 2 aromatic heterocycles. The summed E-state index contributed by atoms with van der Waals surface area (Å²) in [5.74, 6) is 1.89. The predicted molar refractivity (Wildman–Crippen MR) is 125 cm³/mol. The molecule has 4 aromatic rings. The van der Waals surface area contributed by atoms with E-state index in [2.05, 4.69) is 9.97 Å². The number of fused-ring (bicyclic) bond motifs is 1. The van der Waals surface area contributed by atoms with E-state index in [0.29, 0.717) is 49.2 Å². The van der Waals surface area contributed by atoms with E-state index in [0.717, 1.165) is 27.9 Å². The SMILES string of the molecule is COc1ccc(-c2ccnc(-c3cc4cc(C(=O)N5CCOCC5)ccc4[nH]3)n2)cc1OC. The van der Waals surface area contributed by atoms with Crippen molar-refractivity contribution in [1.29, 1.82) is 0 Å². The highest BCUT2D eigenvalue weighted by molar-refractivity contribution is 5.99. The average molecular weight is 444 g/mol. The number of carbonyl (C=O) groups is 1. The van der Waals surface area contributed by atoms with E-state index < -0.39 is 0 Å². The minimum Gasteiger partial charge on any atom is -0.493 e. The summed E-state index contributed by atoms with van der Waals surface area (Å²) in [6, 6.07) is 15.2. The summed E-state index contributed by atoms with van der Waals surface area (Å²) >= 11 is 0. The van der Waals surface area contributed by atoms with Gasteiger partial charge in [-0.25, -0.2) is 9.97 Å². The molecule has 1 amide bonds. The summed E-state index contributed by atoms with van der Waals surface area (Å²) in [7, 11) is 3.21. The Morgan fingerprint density at radius 2 is 1.82 bits per heavy atom. The molecule has 1 aliphatic heterocycles. The number of ether oxygens (including phenoxy) is 3. The topological polar surface area (TPSA) is 89.6 Å². The fourth-order valence-electron chi connectivity index (χ4n) is 3.98. The second-order valence-electron chi connectivity index (χ2n) is 7.72. The Hall–Kier alpha value is -3.91. The normalized spacial score (nSPS) is 13.8. The van der Waals surface area contributed by atoms with Crippen LogP contribution in [0.2, 0.25) is 0 Å². The van der Waals surface area contributed by atoms with Crippen LogP contribution in [0.3, 0.4) is 0 Å². The van der Waals surface area contributed by atoms with Crippen molar-refractivity contribution in [1.82, 2.24) is 19.9 Å². The first-order valence-electron chi connectivity index (χ1n) is 10.7. The number of carbonyl (C=O) groups excluding carboxylic acids is 1. The molecule has 33 heavy (non-hydrogen) atoms. The zero-order valence-corrected chi connectivity index (χ0v) is 18.5. The summed E-state index contributed by atoms with van der Waals surface area (Å²) in [5, 5.41) is 0.934. The van der Waals surface area contributed by atoms with E-state index in [-0.39, 0.29) is 5.91 Å². The van der Waals surface area contributed by atoms with Gasteiger partial charge in [0.05, 0.1) is 38.8 Å². The predicted octanol–water partition coefficient (Wildman–Crippen LogP) is 3.78. The van der Waals surface area contributed by atoms with Crippen LogP contribution in [0.25, 0.3) is 33.7 Å². The summed E-state index contributed by atoms with van der Waals surface area (Å²) in [6.07, 6.45) is 1.73. The standard InChI is InChI=1S/C25H24N4O4/c1-31-22-6-4-16(15-23(22)32-2)20-7-8-26-24(28-20)21-14-18-13-17(3-5-19(18)27-21)25(30)29-9-11-33-12-10-29/h3-8,13-15,27H,9-12H2,1-2H3. The molecule has 0 radical (unpaired) electrons. The van der Waals surface area contributed by atoms with Crippen LogP contribution in [0.4, 0.5) is 0 Å². The first kappa shape index (κ1) is 21.0. The lowest BCUT2D eigenvalue weighted by Crippen LogP contribution is -2.40. The van der Waals surface area contributed by atoms with Gasteiger partial charge in [0, 0.05) is 41.3 Å². The van der Waals surface area contributed by atoms with Gasteiger partial charge in [-0.15, -0.1) is 0 Å². The Balaban J connectivity index is 1.45. The maximum Gasteiger partial charge on any atom is 0.254 e. The van der Waals surface area contributed by atoms with Crippen molar-refractivity contribution in [2.45, 2.75) is 0 Å². The fraction of sp³-hybridized carbons (Fsp3) is 0.240. The number of H-pyrrole nitrogens is 1. The number of methoxy groups -OCH3 is 2. The number of rotatable bonds is 5. The molecule has 0 unspecified atom stereocenters. The second-order valence-corrected chi connectivity index (χ2v) is 7.72. The Bertz CT molecular complexity index is 1310. The smallest absolute Gasteiger partial charge is 0.254 e. The molecular formula is C25H24N4O4. The zero-order valence-electron chi connectivity index (χ0n) is 18.5. The average Bonchev–Trinajstić information content (AvgIpc) is 3.32. The van der Waals surface area contributed by atoms with Crippen LogP contribution in [0.5, 0.6) is 11.5 Å². The molecule has 1 N–H and O–H groups in total. The van der Waals surface area contributed by atoms with Gasteiger partial charge >= 0.3 is 0 Å². The van der Waals surface area contributed by atoms with Gasteiger partial charge in [-0.3, -0.25) is 4.79 Å². The first-order valence-corrected chi connectivity index (χ1v) is 10.7. The lowest BCUT2D eigenvalue weighted by molar-refractivity contribution is 0.0303. The maximum atomic E-state index is 12.8. The molecule has 0 bridgehead atoms. The van der Waals surface area contributed by atoms with Crippen molar-refractivity contribution < 1.29 is 19.0 Å². The minimum atomic E-state index is 0.0228. The maximum absolute atomic E-state index is 12.8. The molecule has 8 nitrogen and oxygen atoms in total. The largest absolute Gasteiger partial charge is 0.493 e. The Morgan fingerprint density at radius 3 is 2.61 bits per heavy atom. The number of hydrogen-bond acceptors (Lipinski definition) is 6. The summed E-state index contributed by atoms with van der Waals surface area (Å²) < 4.78 is 16.1. The third kappa shape index (κ3) is 4.12. The quantitative estimate of drug-likeness (QED) is 0.504. The van der Waals surface area contributed by atoms with Crippen molar-refractivity contribution in [2.24, 2.45) is 0 Å². The molecule has 3 heterocycles. The molecule has 1 saturated heterocycles. The monoisotopic (exact) mass is 444 g/mol. The van der Waals surface area contributed by atoms with Crippen LogP contribution in [-0.2, 0) is 4.74 Å². The van der Waals surface area contributed by atoms with E-state index in [4.69, 9.17) is 19.2 Å². The third-order valence-corrected chi connectivity index (χ3v) is 5.74. The number of morpholine rings is 1. The van der Waals surface area contributed by atoms with Crippen LogP contribution >= 0.6 is 0 Å². The van der Waals surface area contributed by atoms with E-state index in [1.54, 1.807) is 20.4 Å². The number of nitrogens with one attached hydrogen (secondary N) is 1. The molecule has 8 heteroatoms. The van der Waals surface area contributed by atoms with Gasteiger partial charge < -0.3 is 24.1 Å². The second kappa shape index (κ2) is 8.91. The van der Waals surface area contributed by atoms with E-state index in [1.165, 1.54) is 0 Å². The lowest BCUT2D eigenvalue weighted by atomic mass is 10.1. The van der Waals surface area contributed by atoms with Crippen molar-refractivity contribution in [3.05, 3.63) is 60.3 Å². The van der Waals surface area contributed by atoms with Gasteiger partial charge in [-0.1, -0.05) is 0 Å². The molecule has 0 spiro atoms. The zero-order chi connectivity index (χ0) is 22.8. The molecule has 0 saturated carbocycles. The molecular weight excluding hydrogens is 420 g/mol.